The van der Waals surface area contributed by atoms with Gasteiger partial charge in [0.25, 0.3) is 5.22 Å². The quantitative estimate of drug-likeness (QED) is 0.624. The Labute approximate surface area is 119 Å². The first-order valence-electron chi connectivity index (χ1n) is 5.57. The van der Waals surface area contributed by atoms with E-state index in [4.69, 9.17) is 20.8 Å². The molecule has 0 N–H and O–H groups in total. The molecule has 5 nitrogen and oxygen atoms in total. The highest BCUT2D eigenvalue weighted by Gasteiger charge is 2.15. The number of thioether (sulfide) groups is 1. The van der Waals surface area contributed by atoms with Gasteiger partial charge in [-0.25, -0.2) is 4.79 Å². The summed E-state index contributed by atoms with van der Waals surface area (Å²) in [5.41, 5.74) is 1.07. The van der Waals surface area contributed by atoms with E-state index < -0.39 is 5.97 Å². The molecule has 0 aliphatic heterocycles. The Balaban J connectivity index is 1.93. The van der Waals surface area contributed by atoms with Crippen LogP contribution < -0.4 is 0 Å². The van der Waals surface area contributed by atoms with Crippen molar-refractivity contribution in [3.05, 3.63) is 40.7 Å². The van der Waals surface area contributed by atoms with E-state index in [1.807, 2.05) is 24.3 Å². The maximum Gasteiger partial charge on any atom is 0.396 e. The highest BCUT2D eigenvalue weighted by molar-refractivity contribution is 7.98. The van der Waals surface area contributed by atoms with Gasteiger partial charge in [-0.1, -0.05) is 40.6 Å². The summed E-state index contributed by atoms with van der Waals surface area (Å²) < 4.78 is 9.94. The first kappa shape index (κ1) is 13.9. The lowest BCUT2D eigenvalue weighted by Crippen LogP contribution is -2.04. The smallest absolute Gasteiger partial charge is 0.396 e. The van der Waals surface area contributed by atoms with Gasteiger partial charge in [0.15, 0.2) is 0 Å². The number of hydrogen-bond acceptors (Lipinski definition) is 6. The zero-order chi connectivity index (χ0) is 13.7. The Kier molecular flexibility index (Phi) is 4.81. The third-order valence-corrected chi connectivity index (χ3v) is 3.27. The molecular formula is C12H11ClN2O3S. The molecule has 0 saturated heterocycles. The second-order valence-electron chi connectivity index (χ2n) is 3.51. The topological polar surface area (TPSA) is 65.2 Å². The fraction of sp³-hybridized carbons (Fsp3) is 0.250. The summed E-state index contributed by atoms with van der Waals surface area (Å²) in [7, 11) is 0. The van der Waals surface area contributed by atoms with Crippen molar-refractivity contribution < 1.29 is 13.9 Å². The molecule has 1 aromatic carbocycles. The molecule has 100 valence electrons. The molecule has 2 rings (SSSR count). The first-order valence-corrected chi connectivity index (χ1v) is 6.93. The van der Waals surface area contributed by atoms with E-state index in [1.165, 1.54) is 11.8 Å². The van der Waals surface area contributed by atoms with E-state index in [2.05, 4.69) is 10.2 Å². The van der Waals surface area contributed by atoms with Gasteiger partial charge < -0.3 is 9.15 Å². The molecule has 0 amide bonds. The van der Waals surface area contributed by atoms with Crippen molar-refractivity contribution in [1.29, 1.82) is 0 Å². The highest BCUT2D eigenvalue weighted by Crippen LogP contribution is 2.22. The van der Waals surface area contributed by atoms with Crippen molar-refractivity contribution in [2.24, 2.45) is 0 Å². The van der Waals surface area contributed by atoms with Gasteiger partial charge in [-0.2, -0.15) is 0 Å². The minimum atomic E-state index is -0.603. The molecule has 1 aromatic heterocycles. The van der Waals surface area contributed by atoms with Gasteiger partial charge in [0.1, 0.15) is 0 Å². The summed E-state index contributed by atoms with van der Waals surface area (Å²) in [5.74, 6) is -0.0736. The minimum Gasteiger partial charge on any atom is -0.459 e. The molecule has 0 fully saturated rings. The summed E-state index contributed by atoms with van der Waals surface area (Å²) in [6, 6.07) is 7.46. The number of rotatable bonds is 5. The molecule has 7 heteroatoms. The predicted molar refractivity (Wildman–Crippen MR) is 71.3 cm³/mol. The zero-order valence-corrected chi connectivity index (χ0v) is 11.7. The largest absolute Gasteiger partial charge is 0.459 e. The van der Waals surface area contributed by atoms with Crippen LogP contribution in [0.4, 0.5) is 0 Å². The number of carbonyl (C=O) groups is 1. The van der Waals surface area contributed by atoms with Gasteiger partial charge in [-0.3, -0.25) is 0 Å². The number of esters is 1. The molecule has 0 saturated carbocycles. The number of nitrogens with zero attached hydrogens (tertiary/aromatic N) is 2. The lowest BCUT2D eigenvalue weighted by molar-refractivity contribution is 0.0475. The molecule has 0 radical (unpaired) electrons. The number of hydrogen-bond donors (Lipinski definition) is 0. The first-order chi connectivity index (χ1) is 9.19. The fourth-order valence-electron chi connectivity index (χ4n) is 1.27. The second kappa shape index (κ2) is 6.58. The molecule has 2 aromatic rings. The zero-order valence-electron chi connectivity index (χ0n) is 10.1. The van der Waals surface area contributed by atoms with Crippen LogP contribution >= 0.6 is 23.4 Å². The van der Waals surface area contributed by atoms with Gasteiger partial charge in [0.05, 0.1) is 6.61 Å². The minimum absolute atomic E-state index is 0.125. The third-order valence-electron chi connectivity index (χ3n) is 2.13. The van der Waals surface area contributed by atoms with Gasteiger partial charge >= 0.3 is 11.9 Å². The van der Waals surface area contributed by atoms with Gasteiger partial charge in [0, 0.05) is 10.8 Å². The van der Waals surface area contributed by atoms with Crippen LogP contribution in [0.2, 0.25) is 5.02 Å². The number of carbonyl (C=O) groups excluding carboxylic acids is 1. The Morgan fingerprint density at radius 2 is 2.11 bits per heavy atom. The highest BCUT2D eigenvalue weighted by atomic mass is 35.5. The lowest BCUT2D eigenvalue weighted by atomic mass is 10.2. The summed E-state index contributed by atoms with van der Waals surface area (Å²) in [6.45, 7) is 1.99. The Morgan fingerprint density at radius 3 is 2.79 bits per heavy atom. The molecule has 0 unspecified atom stereocenters. The standard InChI is InChI=1S/C12H11ClN2O3S/c1-2-17-11(16)10-14-15-12(18-10)19-7-8-3-5-9(13)6-4-8/h3-6H,2,7H2,1H3. The molecule has 0 spiro atoms. The maximum absolute atomic E-state index is 11.3. The van der Waals surface area contributed by atoms with Crippen molar-refractivity contribution >= 4 is 29.3 Å². The van der Waals surface area contributed by atoms with E-state index in [1.54, 1.807) is 6.92 Å². The van der Waals surface area contributed by atoms with E-state index in [0.29, 0.717) is 16.0 Å². The maximum atomic E-state index is 11.3. The molecule has 0 aliphatic rings. The van der Waals surface area contributed by atoms with Crippen LogP contribution in [0.5, 0.6) is 0 Å². The number of benzene rings is 1. The molecular weight excluding hydrogens is 288 g/mol. The summed E-state index contributed by atoms with van der Waals surface area (Å²) >= 11 is 7.14. The third kappa shape index (κ3) is 3.97. The van der Waals surface area contributed by atoms with E-state index >= 15 is 0 Å². The summed E-state index contributed by atoms with van der Waals surface area (Å²) in [5, 5.41) is 8.42. The predicted octanol–water partition coefficient (Wildman–Crippen LogP) is 3.19. The van der Waals surface area contributed by atoms with Crippen LogP contribution in [-0.4, -0.2) is 22.8 Å². The van der Waals surface area contributed by atoms with Crippen molar-refractivity contribution in [3.8, 4) is 0 Å². The Bertz CT molecular complexity index is 556. The number of aromatic nitrogens is 2. The number of ether oxygens (including phenoxy) is 1. The molecule has 0 bridgehead atoms. The molecule has 0 aliphatic carbocycles. The molecule has 1 heterocycles. The van der Waals surface area contributed by atoms with Gasteiger partial charge in [-0.15, -0.1) is 5.10 Å². The molecule has 19 heavy (non-hydrogen) atoms. The lowest BCUT2D eigenvalue weighted by Gasteiger charge is -1.98. The van der Waals surface area contributed by atoms with Crippen molar-refractivity contribution in [3.63, 3.8) is 0 Å². The molecule has 0 atom stereocenters. The monoisotopic (exact) mass is 298 g/mol. The fourth-order valence-corrected chi connectivity index (χ4v) is 2.11. The Morgan fingerprint density at radius 1 is 1.37 bits per heavy atom. The van der Waals surface area contributed by atoms with Crippen molar-refractivity contribution in [1.82, 2.24) is 10.2 Å². The van der Waals surface area contributed by atoms with Gasteiger partial charge in [0.2, 0.25) is 0 Å². The average molecular weight is 299 g/mol. The van der Waals surface area contributed by atoms with E-state index in [-0.39, 0.29) is 12.5 Å². The second-order valence-corrected chi connectivity index (χ2v) is 4.87. The summed E-state index contributed by atoms with van der Waals surface area (Å²) in [4.78, 5) is 11.3. The van der Waals surface area contributed by atoms with Gasteiger partial charge in [-0.05, 0) is 24.6 Å². The van der Waals surface area contributed by atoms with E-state index in [9.17, 15) is 4.79 Å². The Hall–Kier alpha value is -1.53. The summed E-state index contributed by atoms with van der Waals surface area (Å²) in [6.07, 6.45) is 0. The van der Waals surface area contributed by atoms with Crippen LogP contribution in [0.25, 0.3) is 0 Å². The SMILES string of the molecule is CCOC(=O)c1nnc(SCc2ccc(Cl)cc2)o1. The van der Waals surface area contributed by atoms with Crippen LogP contribution in [0.15, 0.2) is 33.9 Å². The van der Waals surface area contributed by atoms with Crippen molar-refractivity contribution in [2.75, 3.05) is 6.61 Å². The van der Waals surface area contributed by atoms with E-state index in [0.717, 1.165) is 5.56 Å². The van der Waals surface area contributed by atoms with Crippen LogP contribution in [0.1, 0.15) is 23.2 Å². The van der Waals surface area contributed by atoms with Crippen LogP contribution in [-0.2, 0) is 10.5 Å². The van der Waals surface area contributed by atoms with Crippen molar-refractivity contribution in [2.45, 2.75) is 17.9 Å². The normalized spacial score (nSPS) is 10.4. The van der Waals surface area contributed by atoms with Crippen LogP contribution in [0.3, 0.4) is 0 Å². The average Bonchev–Trinajstić information content (AvgIpc) is 2.87. The number of halogens is 1. The van der Waals surface area contributed by atoms with Crippen LogP contribution in [0, 0.1) is 0 Å².